The van der Waals surface area contributed by atoms with Crippen LogP contribution >= 0.6 is 0 Å². The summed E-state index contributed by atoms with van der Waals surface area (Å²) >= 11 is 0. The van der Waals surface area contributed by atoms with Crippen molar-refractivity contribution in [1.29, 1.82) is 0 Å². The lowest BCUT2D eigenvalue weighted by atomic mass is 10.0. The van der Waals surface area contributed by atoms with Gasteiger partial charge in [-0.2, -0.15) is 4.98 Å². The number of methoxy groups -OCH3 is 1. The van der Waals surface area contributed by atoms with Crippen LogP contribution in [0.2, 0.25) is 0 Å². The molecule has 0 bridgehead atoms. The van der Waals surface area contributed by atoms with Gasteiger partial charge in [0.2, 0.25) is 0 Å². The third-order valence-corrected chi connectivity index (χ3v) is 8.27. The molecule has 3 heterocycles. The molecule has 2 unspecified atom stereocenters. The number of anilines is 2. The molecule has 1 saturated heterocycles. The Kier molecular flexibility index (Phi) is 7.90. The predicted octanol–water partition coefficient (Wildman–Crippen LogP) is 3.40. The molecule has 1 aliphatic carbocycles. The van der Waals surface area contributed by atoms with Crippen LogP contribution in [-0.2, 0) is 0 Å². The number of hydrogen-bond acceptors (Lipinski definition) is 9. The van der Waals surface area contributed by atoms with E-state index in [0.29, 0.717) is 23.1 Å². The van der Waals surface area contributed by atoms with Crippen molar-refractivity contribution in [1.82, 2.24) is 20.2 Å². The number of nitrogens with zero attached hydrogens (tertiary/aromatic N) is 5. The molecule has 1 aromatic carbocycles. The maximum absolute atomic E-state index is 12.9. The van der Waals surface area contributed by atoms with E-state index >= 15 is 0 Å². The second-order valence-corrected chi connectivity index (χ2v) is 10.7. The van der Waals surface area contributed by atoms with Crippen molar-refractivity contribution in [3.05, 3.63) is 30.0 Å². The number of rotatable bonds is 7. The molecule has 206 valence electrons. The lowest BCUT2D eigenvalue weighted by Crippen LogP contribution is -2.58. The van der Waals surface area contributed by atoms with Crippen LogP contribution in [0.1, 0.15) is 62.2 Å². The molecule has 2 N–H and O–H groups in total. The van der Waals surface area contributed by atoms with Crippen LogP contribution in [0, 0.1) is 0 Å². The minimum Gasteiger partial charge on any atom is -0.493 e. The first-order valence-corrected chi connectivity index (χ1v) is 13.8. The molecule has 1 aromatic heterocycles. The molecule has 2 aromatic rings. The Balaban J connectivity index is 1.37. The molecule has 0 spiro atoms. The number of aliphatic hydroxyl groups is 1. The Bertz CT molecular complexity index is 1130. The molecular weight excluding hydrogens is 484 g/mol. The second-order valence-electron chi connectivity index (χ2n) is 10.7. The average Bonchev–Trinajstić information content (AvgIpc) is 3.46. The molecule has 1 amide bonds. The minimum atomic E-state index is -0.628. The van der Waals surface area contributed by atoms with Gasteiger partial charge in [-0.15, -0.1) is 0 Å². The summed E-state index contributed by atoms with van der Waals surface area (Å²) in [6.07, 6.45) is 8.31. The molecule has 5 rings (SSSR count). The highest BCUT2D eigenvalue weighted by atomic mass is 16.5. The highest BCUT2D eigenvalue weighted by Gasteiger charge is 2.41. The summed E-state index contributed by atoms with van der Waals surface area (Å²) in [5.74, 6) is 1.55. The zero-order chi connectivity index (χ0) is 26.8. The van der Waals surface area contributed by atoms with Crippen molar-refractivity contribution in [3.63, 3.8) is 0 Å². The van der Waals surface area contributed by atoms with Gasteiger partial charge in [-0.1, -0.05) is 19.8 Å². The topological polar surface area (TPSA) is 103 Å². The van der Waals surface area contributed by atoms with E-state index in [1.165, 1.54) is 12.8 Å². The van der Waals surface area contributed by atoms with Crippen LogP contribution < -0.4 is 24.6 Å². The number of likely N-dealkylation sites (N-methyl/N-ethyl adjacent to an activating group) is 1. The van der Waals surface area contributed by atoms with Crippen molar-refractivity contribution < 1.29 is 19.4 Å². The number of amides is 1. The van der Waals surface area contributed by atoms with Gasteiger partial charge >= 0.3 is 6.01 Å². The van der Waals surface area contributed by atoms with E-state index in [4.69, 9.17) is 14.5 Å². The van der Waals surface area contributed by atoms with Gasteiger partial charge in [0.15, 0.2) is 17.3 Å². The van der Waals surface area contributed by atoms with Crippen LogP contribution in [-0.4, -0.2) is 84.5 Å². The lowest BCUT2D eigenvalue weighted by Gasteiger charge is -2.48. The molecule has 10 nitrogen and oxygen atoms in total. The van der Waals surface area contributed by atoms with Crippen molar-refractivity contribution in [3.8, 4) is 17.5 Å². The van der Waals surface area contributed by atoms with Crippen LogP contribution in [0.5, 0.6) is 17.5 Å². The molecule has 10 heteroatoms. The van der Waals surface area contributed by atoms with E-state index in [1.54, 1.807) is 31.5 Å². The summed E-state index contributed by atoms with van der Waals surface area (Å²) in [4.78, 5) is 28.6. The molecule has 38 heavy (non-hydrogen) atoms. The number of aromatic nitrogens is 2. The molecule has 2 fully saturated rings. The van der Waals surface area contributed by atoms with Gasteiger partial charge in [-0.3, -0.25) is 4.79 Å². The lowest BCUT2D eigenvalue weighted by molar-refractivity contribution is 0.0916. The molecule has 2 atom stereocenters. The fraction of sp³-hybridized carbons (Fsp3) is 0.607. The first-order chi connectivity index (χ1) is 18.4. The number of nitrogens with one attached hydrogen (secondary N) is 1. The van der Waals surface area contributed by atoms with Gasteiger partial charge in [0.05, 0.1) is 19.3 Å². The quantitative estimate of drug-likeness (QED) is 0.564. The van der Waals surface area contributed by atoms with E-state index in [2.05, 4.69) is 34.1 Å². The van der Waals surface area contributed by atoms with Gasteiger partial charge in [0.1, 0.15) is 11.9 Å². The number of piperidine rings is 1. The Morgan fingerprint density at radius 3 is 2.55 bits per heavy atom. The number of likely N-dealkylation sites (tertiary alicyclic amines) is 1. The Labute approximate surface area is 224 Å². The van der Waals surface area contributed by atoms with Crippen molar-refractivity contribution in [2.75, 3.05) is 44.1 Å². The minimum absolute atomic E-state index is 0.0600. The largest absolute Gasteiger partial charge is 0.493 e. The van der Waals surface area contributed by atoms with Crippen LogP contribution in [0.15, 0.2) is 24.4 Å². The SMILES string of the molecule is CCC1C(O)N(C)c2cnc(Oc3ccc(C(=O)NC4CCN(C)CC4)cc3OC)nc2N1C1CCCC1. The van der Waals surface area contributed by atoms with E-state index in [9.17, 15) is 9.90 Å². The summed E-state index contributed by atoms with van der Waals surface area (Å²) in [5, 5.41) is 14.2. The first-order valence-electron chi connectivity index (χ1n) is 13.8. The van der Waals surface area contributed by atoms with Gasteiger partial charge in [-0.05, 0) is 70.4 Å². The number of carbonyl (C=O) groups excluding carboxylic acids is 1. The Morgan fingerprint density at radius 1 is 1.13 bits per heavy atom. The van der Waals surface area contributed by atoms with Gasteiger partial charge in [-0.25, -0.2) is 4.98 Å². The summed E-state index contributed by atoms with van der Waals surface area (Å²) in [5.41, 5.74) is 1.31. The molecule has 2 aliphatic heterocycles. The third-order valence-electron chi connectivity index (χ3n) is 8.27. The fourth-order valence-corrected chi connectivity index (χ4v) is 5.99. The summed E-state index contributed by atoms with van der Waals surface area (Å²) in [7, 11) is 5.53. The predicted molar refractivity (Wildman–Crippen MR) is 146 cm³/mol. The maximum Gasteiger partial charge on any atom is 0.324 e. The molecular formula is C28H40N6O4. The zero-order valence-electron chi connectivity index (χ0n) is 22.9. The highest BCUT2D eigenvalue weighted by Crippen LogP contribution is 2.42. The van der Waals surface area contributed by atoms with Gasteiger partial charge in [0, 0.05) is 24.7 Å². The molecule has 0 radical (unpaired) electrons. The average molecular weight is 525 g/mol. The van der Waals surface area contributed by atoms with Crippen LogP contribution in [0.4, 0.5) is 11.5 Å². The number of aliphatic hydroxyl groups excluding tert-OH is 1. The van der Waals surface area contributed by atoms with E-state index in [0.717, 1.165) is 56.7 Å². The van der Waals surface area contributed by atoms with Crippen molar-refractivity contribution >= 4 is 17.4 Å². The first kappa shape index (κ1) is 26.5. The van der Waals surface area contributed by atoms with E-state index in [1.807, 2.05) is 11.9 Å². The number of ether oxygens (including phenoxy) is 2. The smallest absolute Gasteiger partial charge is 0.324 e. The Morgan fingerprint density at radius 2 is 1.87 bits per heavy atom. The van der Waals surface area contributed by atoms with Crippen LogP contribution in [0.25, 0.3) is 0 Å². The second kappa shape index (κ2) is 11.3. The monoisotopic (exact) mass is 524 g/mol. The molecule has 1 saturated carbocycles. The third kappa shape index (κ3) is 5.24. The maximum atomic E-state index is 12.9. The normalized spacial score (nSPS) is 22.9. The van der Waals surface area contributed by atoms with Crippen molar-refractivity contribution in [2.24, 2.45) is 0 Å². The summed E-state index contributed by atoms with van der Waals surface area (Å²) < 4.78 is 11.7. The van der Waals surface area contributed by atoms with Crippen LogP contribution in [0.3, 0.4) is 0 Å². The summed E-state index contributed by atoms with van der Waals surface area (Å²) in [6.45, 7) is 4.06. The fourth-order valence-electron chi connectivity index (χ4n) is 5.99. The summed E-state index contributed by atoms with van der Waals surface area (Å²) in [6, 6.07) is 5.81. The van der Waals surface area contributed by atoms with E-state index < -0.39 is 6.23 Å². The number of hydrogen-bond donors (Lipinski definition) is 2. The van der Waals surface area contributed by atoms with Gasteiger partial charge < -0.3 is 34.6 Å². The molecule has 3 aliphatic rings. The number of fused-ring (bicyclic) bond motifs is 1. The van der Waals surface area contributed by atoms with Crippen molar-refractivity contribution in [2.45, 2.75) is 76.2 Å². The number of carbonyl (C=O) groups is 1. The number of benzene rings is 1. The van der Waals surface area contributed by atoms with E-state index in [-0.39, 0.29) is 24.0 Å². The Hall–Kier alpha value is -3.11. The van der Waals surface area contributed by atoms with Gasteiger partial charge in [0.25, 0.3) is 5.91 Å². The highest BCUT2D eigenvalue weighted by molar-refractivity contribution is 5.95. The zero-order valence-corrected chi connectivity index (χ0v) is 22.9. The standard InChI is InChI=1S/C28H40N6O4/c1-5-21-27(36)33(3)22-17-29-28(31-25(22)34(21)20-8-6-7-9-20)38-23-11-10-18(16-24(23)37-4)26(35)30-19-12-14-32(2)15-13-19/h10-11,16-17,19-21,27,36H,5-9,12-15H2,1-4H3,(H,30,35).